The number of halogens is 4. The highest BCUT2D eigenvalue weighted by molar-refractivity contribution is 6.33. The molecule has 0 saturated heterocycles. The SMILES string of the molecule is Cc1c(F)c(F)c(NC(C(=O)O)C(C)C)c(Cl)c1F. The van der Waals surface area contributed by atoms with E-state index in [1.54, 1.807) is 13.8 Å². The molecule has 106 valence electrons. The summed E-state index contributed by atoms with van der Waals surface area (Å²) in [6.07, 6.45) is 0. The van der Waals surface area contributed by atoms with Crippen LogP contribution in [-0.2, 0) is 4.79 Å². The second-order valence-electron chi connectivity index (χ2n) is 4.46. The van der Waals surface area contributed by atoms with Crippen molar-refractivity contribution in [2.75, 3.05) is 5.32 Å². The number of carboxylic acids is 1. The minimum atomic E-state index is -1.39. The van der Waals surface area contributed by atoms with Gasteiger partial charge in [-0.05, 0) is 12.8 Å². The molecule has 0 aliphatic heterocycles. The number of anilines is 1. The lowest BCUT2D eigenvalue weighted by Gasteiger charge is -2.21. The molecule has 1 unspecified atom stereocenters. The Morgan fingerprint density at radius 1 is 1.21 bits per heavy atom. The van der Waals surface area contributed by atoms with Crippen LogP contribution in [0.1, 0.15) is 19.4 Å². The second-order valence-corrected chi connectivity index (χ2v) is 4.84. The number of hydrogen-bond donors (Lipinski definition) is 2. The normalized spacial score (nSPS) is 12.6. The lowest BCUT2D eigenvalue weighted by molar-refractivity contribution is -0.138. The van der Waals surface area contributed by atoms with E-state index in [9.17, 15) is 18.0 Å². The van der Waals surface area contributed by atoms with E-state index < -0.39 is 51.7 Å². The molecular weight excluding hydrogens is 283 g/mol. The van der Waals surface area contributed by atoms with E-state index in [4.69, 9.17) is 16.7 Å². The van der Waals surface area contributed by atoms with Crippen molar-refractivity contribution in [1.82, 2.24) is 0 Å². The molecule has 2 N–H and O–H groups in total. The Bertz CT molecular complexity index is 491. The van der Waals surface area contributed by atoms with Crippen molar-refractivity contribution in [2.24, 2.45) is 5.92 Å². The minimum Gasteiger partial charge on any atom is -0.480 e. The van der Waals surface area contributed by atoms with E-state index >= 15 is 0 Å². The van der Waals surface area contributed by atoms with Gasteiger partial charge in [0.05, 0.1) is 5.69 Å². The molecule has 0 amide bonds. The molecule has 0 saturated carbocycles. The predicted molar refractivity (Wildman–Crippen MR) is 65.9 cm³/mol. The fourth-order valence-electron chi connectivity index (χ4n) is 1.54. The summed E-state index contributed by atoms with van der Waals surface area (Å²) in [4.78, 5) is 11.0. The standard InChI is InChI=1S/C12H13ClF3NO2/c1-4(2)10(12(18)19)17-11-6(13)7(14)5(3)8(15)9(11)16/h4,10,17H,1-3H3,(H,18,19). The monoisotopic (exact) mass is 295 g/mol. The topological polar surface area (TPSA) is 49.3 Å². The summed E-state index contributed by atoms with van der Waals surface area (Å²) in [6.45, 7) is 4.18. The first-order valence-electron chi connectivity index (χ1n) is 5.50. The van der Waals surface area contributed by atoms with Crippen LogP contribution in [0.5, 0.6) is 0 Å². The van der Waals surface area contributed by atoms with Gasteiger partial charge in [-0.15, -0.1) is 0 Å². The van der Waals surface area contributed by atoms with Crippen molar-refractivity contribution < 1.29 is 23.1 Å². The third-order valence-electron chi connectivity index (χ3n) is 2.72. The second kappa shape index (κ2) is 5.69. The number of rotatable bonds is 4. The number of benzene rings is 1. The molecule has 19 heavy (non-hydrogen) atoms. The number of aliphatic carboxylic acids is 1. The molecule has 0 heterocycles. The van der Waals surface area contributed by atoms with Crippen LogP contribution in [0.3, 0.4) is 0 Å². The van der Waals surface area contributed by atoms with Crippen molar-refractivity contribution in [1.29, 1.82) is 0 Å². The fourth-order valence-corrected chi connectivity index (χ4v) is 1.82. The van der Waals surface area contributed by atoms with Gasteiger partial charge in [0, 0.05) is 5.56 Å². The van der Waals surface area contributed by atoms with Gasteiger partial charge in [-0.2, -0.15) is 0 Å². The van der Waals surface area contributed by atoms with Crippen molar-refractivity contribution in [2.45, 2.75) is 26.8 Å². The lowest BCUT2D eigenvalue weighted by Crippen LogP contribution is -2.35. The first kappa shape index (κ1) is 15.6. The zero-order valence-corrected chi connectivity index (χ0v) is 11.3. The number of carboxylic acid groups (broad SMARTS) is 1. The molecular formula is C12H13ClF3NO2. The molecule has 3 nitrogen and oxygen atoms in total. The van der Waals surface area contributed by atoms with Crippen molar-refractivity contribution in [3.63, 3.8) is 0 Å². The summed E-state index contributed by atoms with van der Waals surface area (Å²) in [6, 6.07) is -1.21. The smallest absolute Gasteiger partial charge is 0.326 e. The van der Waals surface area contributed by atoms with Crippen molar-refractivity contribution >= 4 is 23.3 Å². The Hall–Kier alpha value is -1.43. The average Bonchev–Trinajstić information content (AvgIpc) is 2.33. The molecule has 0 aromatic heterocycles. The van der Waals surface area contributed by atoms with Gasteiger partial charge in [0.1, 0.15) is 16.9 Å². The average molecular weight is 296 g/mol. The first-order valence-corrected chi connectivity index (χ1v) is 5.88. The van der Waals surface area contributed by atoms with Gasteiger partial charge in [0.25, 0.3) is 0 Å². The van der Waals surface area contributed by atoms with Crippen LogP contribution in [0.15, 0.2) is 0 Å². The quantitative estimate of drug-likeness (QED) is 0.835. The van der Waals surface area contributed by atoms with Gasteiger partial charge < -0.3 is 10.4 Å². The molecule has 0 spiro atoms. The summed E-state index contributed by atoms with van der Waals surface area (Å²) in [5, 5.41) is 10.5. The highest BCUT2D eigenvalue weighted by Gasteiger charge is 2.27. The number of nitrogens with one attached hydrogen (secondary N) is 1. The third kappa shape index (κ3) is 2.94. The van der Waals surface area contributed by atoms with Crippen LogP contribution in [0, 0.1) is 30.3 Å². The molecule has 0 fully saturated rings. The van der Waals surface area contributed by atoms with Gasteiger partial charge in [-0.25, -0.2) is 18.0 Å². The van der Waals surface area contributed by atoms with Gasteiger partial charge in [-0.1, -0.05) is 25.4 Å². The van der Waals surface area contributed by atoms with Gasteiger partial charge in [-0.3, -0.25) is 0 Å². The van der Waals surface area contributed by atoms with Crippen LogP contribution >= 0.6 is 11.6 Å². The zero-order chi connectivity index (χ0) is 14.9. The molecule has 0 aliphatic rings. The lowest BCUT2D eigenvalue weighted by atomic mass is 10.0. The summed E-state index contributed by atoms with van der Waals surface area (Å²) >= 11 is 5.59. The highest BCUT2D eigenvalue weighted by Crippen LogP contribution is 2.33. The van der Waals surface area contributed by atoms with Crippen LogP contribution in [0.25, 0.3) is 0 Å². The molecule has 1 rings (SSSR count). The van der Waals surface area contributed by atoms with E-state index in [1.807, 2.05) is 0 Å². The third-order valence-corrected chi connectivity index (χ3v) is 3.07. The summed E-state index contributed by atoms with van der Waals surface area (Å²) in [5.74, 6) is -5.60. The molecule has 0 radical (unpaired) electrons. The molecule has 7 heteroatoms. The molecule has 0 bridgehead atoms. The van der Waals surface area contributed by atoms with Gasteiger partial charge >= 0.3 is 5.97 Å². The van der Waals surface area contributed by atoms with E-state index in [-0.39, 0.29) is 0 Å². The van der Waals surface area contributed by atoms with Crippen molar-refractivity contribution in [3.8, 4) is 0 Å². The van der Waals surface area contributed by atoms with Crippen LogP contribution in [0.2, 0.25) is 5.02 Å². The van der Waals surface area contributed by atoms with Crippen LogP contribution in [-0.4, -0.2) is 17.1 Å². The van der Waals surface area contributed by atoms with E-state index in [1.165, 1.54) is 0 Å². The summed E-state index contributed by atoms with van der Waals surface area (Å²) in [5.41, 5.74) is -1.23. The predicted octanol–water partition coefficient (Wildman–Crippen LogP) is 3.59. The Kier molecular flexibility index (Phi) is 4.68. The Morgan fingerprint density at radius 2 is 1.74 bits per heavy atom. The molecule has 0 aliphatic carbocycles. The zero-order valence-electron chi connectivity index (χ0n) is 10.5. The summed E-state index contributed by atoms with van der Waals surface area (Å²) in [7, 11) is 0. The first-order chi connectivity index (χ1) is 8.68. The Balaban J connectivity index is 3.32. The number of carbonyl (C=O) groups is 1. The van der Waals surface area contributed by atoms with Gasteiger partial charge in [0.15, 0.2) is 11.6 Å². The maximum atomic E-state index is 13.7. The summed E-state index contributed by atoms with van der Waals surface area (Å²) < 4.78 is 40.7. The highest BCUT2D eigenvalue weighted by atomic mass is 35.5. The van der Waals surface area contributed by atoms with Gasteiger partial charge in [0.2, 0.25) is 0 Å². The fraction of sp³-hybridized carbons (Fsp3) is 0.417. The van der Waals surface area contributed by atoms with E-state index in [0.29, 0.717) is 0 Å². The molecule has 1 aromatic rings. The number of hydrogen-bond acceptors (Lipinski definition) is 2. The van der Waals surface area contributed by atoms with E-state index in [0.717, 1.165) is 6.92 Å². The molecule has 1 atom stereocenters. The minimum absolute atomic E-state index is 0.430. The van der Waals surface area contributed by atoms with Crippen molar-refractivity contribution in [3.05, 3.63) is 28.0 Å². The Morgan fingerprint density at radius 3 is 2.16 bits per heavy atom. The molecule has 1 aromatic carbocycles. The maximum Gasteiger partial charge on any atom is 0.326 e. The maximum absolute atomic E-state index is 13.7. The Labute approximate surface area is 113 Å². The largest absolute Gasteiger partial charge is 0.480 e. The van der Waals surface area contributed by atoms with E-state index in [2.05, 4.69) is 5.32 Å². The van der Waals surface area contributed by atoms with Crippen LogP contribution < -0.4 is 5.32 Å². The van der Waals surface area contributed by atoms with Crippen LogP contribution in [0.4, 0.5) is 18.9 Å².